The molecule has 0 aliphatic rings. The molecule has 34 heavy (non-hydrogen) atoms. The van der Waals surface area contributed by atoms with Crippen molar-refractivity contribution in [3.8, 4) is 5.75 Å². The molecule has 2 amide bonds. The van der Waals surface area contributed by atoms with Crippen LogP contribution in [0, 0.1) is 17.6 Å². The van der Waals surface area contributed by atoms with E-state index in [2.05, 4.69) is 5.32 Å². The fourth-order valence-electron chi connectivity index (χ4n) is 2.93. The minimum atomic E-state index is -0.955. The highest BCUT2D eigenvalue weighted by molar-refractivity contribution is 5.87. The van der Waals surface area contributed by atoms with Gasteiger partial charge in [0.25, 0.3) is 5.91 Å². The minimum Gasteiger partial charge on any atom is -0.491 e. The molecule has 0 spiro atoms. The van der Waals surface area contributed by atoms with Crippen LogP contribution in [0.5, 0.6) is 5.75 Å². The van der Waals surface area contributed by atoms with E-state index in [0.717, 1.165) is 12.1 Å². The van der Waals surface area contributed by atoms with Crippen LogP contribution in [0.4, 0.5) is 19.3 Å². The zero-order valence-electron chi connectivity index (χ0n) is 18.6. The maximum absolute atomic E-state index is 13.9. The van der Waals surface area contributed by atoms with Crippen LogP contribution < -0.4 is 15.5 Å². The summed E-state index contributed by atoms with van der Waals surface area (Å²) >= 11 is 0. The molecule has 0 fully saturated rings. The Hall–Kier alpha value is -3.76. The Labute approximate surface area is 195 Å². The average molecular weight is 476 g/mol. The van der Waals surface area contributed by atoms with Gasteiger partial charge in [-0.05, 0) is 42.3 Å². The molecule has 10 heteroatoms. The van der Waals surface area contributed by atoms with Gasteiger partial charge >= 0.3 is 6.09 Å². The molecule has 182 valence electrons. The number of carbonyl (C=O) groups excluding carboxylic acids is 2. The molecule has 0 heterocycles. The van der Waals surface area contributed by atoms with Crippen molar-refractivity contribution in [3.63, 3.8) is 0 Å². The van der Waals surface area contributed by atoms with Gasteiger partial charge in [-0.2, -0.15) is 0 Å². The summed E-state index contributed by atoms with van der Waals surface area (Å²) in [5, 5.41) is 19.8. The van der Waals surface area contributed by atoms with Gasteiger partial charge in [-0.3, -0.25) is 15.3 Å². The van der Waals surface area contributed by atoms with Crippen LogP contribution in [0.2, 0.25) is 0 Å². The van der Waals surface area contributed by atoms with E-state index >= 15 is 0 Å². The summed E-state index contributed by atoms with van der Waals surface area (Å²) < 4.78 is 37.9. The fraction of sp³-hybridized carbons (Fsp3) is 0.250. The van der Waals surface area contributed by atoms with Gasteiger partial charge < -0.3 is 14.6 Å². The van der Waals surface area contributed by atoms with Crippen molar-refractivity contribution >= 4 is 17.7 Å². The Morgan fingerprint density at radius 1 is 1.15 bits per heavy atom. The second kappa shape index (κ2) is 13.1. The predicted molar refractivity (Wildman–Crippen MR) is 120 cm³/mol. The van der Waals surface area contributed by atoms with E-state index in [4.69, 9.17) is 19.8 Å². The summed E-state index contributed by atoms with van der Waals surface area (Å²) in [7, 11) is 0. The SMILES string of the molecule is CC(/C=C/[C@H](C)[C@H](OC(=O)Nc1ccc(F)cc1F)c1ccc(OCCO)cc1)=C\C(=O)NO. The highest BCUT2D eigenvalue weighted by Crippen LogP contribution is 2.30. The number of benzene rings is 2. The number of nitrogens with one attached hydrogen (secondary N) is 2. The molecule has 0 saturated carbocycles. The maximum atomic E-state index is 13.9. The quantitative estimate of drug-likeness (QED) is 0.176. The van der Waals surface area contributed by atoms with Gasteiger partial charge in [0.15, 0.2) is 0 Å². The van der Waals surface area contributed by atoms with Crippen molar-refractivity contribution in [1.82, 2.24) is 5.48 Å². The van der Waals surface area contributed by atoms with E-state index in [1.807, 2.05) is 0 Å². The van der Waals surface area contributed by atoms with Gasteiger partial charge in [0.2, 0.25) is 0 Å². The maximum Gasteiger partial charge on any atom is 0.412 e. The zero-order chi connectivity index (χ0) is 25.1. The number of anilines is 1. The van der Waals surface area contributed by atoms with Gasteiger partial charge in [-0.15, -0.1) is 0 Å². The number of carbonyl (C=O) groups is 2. The third-order valence-electron chi connectivity index (χ3n) is 4.58. The van der Waals surface area contributed by atoms with Crippen molar-refractivity contribution in [2.24, 2.45) is 5.92 Å². The van der Waals surface area contributed by atoms with E-state index in [9.17, 15) is 18.4 Å². The van der Waals surface area contributed by atoms with Crippen molar-refractivity contribution in [2.75, 3.05) is 18.5 Å². The number of ether oxygens (including phenoxy) is 2. The van der Waals surface area contributed by atoms with E-state index in [1.54, 1.807) is 50.3 Å². The van der Waals surface area contributed by atoms with Gasteiger partial charge in [-0.25, -0.2) is 19.1 Å². The molecule has 8 nitrogen and oxygen atoms in total. The first-order chi connectivity index (χ1) is 16.2. The van der Waals surface area contributed by atoms with Crippen molar-refractivity contribution in [3.05, 3.63) is 83.5 Å². The summed E-state index contributed by atoms with van der Waals surface area (Å²) in [6, 6.07) is 9.37. The monoisotopic (exact) mass is 476 g/mol. The number of hydrogen-bond acceptors (Lipinski definition) is 6. The average Bonchev–Trinajstić information content (AvgIpc) is 2.81. The number of aliphatic hydroxyl groups excluding tert-OH is 1. The van der Waals surface area contributed by atoms with Crippen LogP contribution in [0.3, 0.4) is 0 Å². The molecule has 0 aromatic heterocycles. The Balaban J connectivity index is 2.24. The number of amides is 2. The molecule has 2 aromatic rings. The van der Waals surface area contributed by atoms with E-state index < -0.39 is 35.7 Å². The van der Waals surface area contributed by atoms with Crippen LogP contribution in [-0.2, 0) is 9.53 Å². The molecular weight excluding hydrogens is 450 g/mol. The van der Waals surface area contributed by atoms with Crippen LogP contribution in [-0.4, -0.2) is 35.5 Å². The normalized spacial score (nSPS) is 13.3. The smallest absolute Gasteiger partial charge is 0.412 e. The molecule has 0 bridgehead atoms. The molecule has 0 saturated heterocycles. The van der Waals surface area contributed by atoms with Crippen molar-refractivity contribution in [1.29, 1.82) is 0 Å². The lowest BCUT2D eigenvalue weighted by molar-refractivity contribution is -0.124. The predicted octanol–water partition coefficient (Wildman–Crippen LogP) is 4.27. The van der Waals surface area contributed by atoms with E-state index in [1.165, 1.54) is 11.6 Å². The van der Waals surface area contributed by atoms with Crippen molar-refractivity contribution < 1.29 is 38.2 Å². The minimum absolute atomic E-state index is 0.122. The standard InChI is InChI=1S/C24H26F2N2O6/c1-15(13-22(30)28-32)3-4-16(2)23(17-5-8-19(9-6-17)33-12-11-29)34-24(31)27-21-10-7-18(25)14-20(21)26/h3-10,13-14,16,23,29,32H,11-12H2,1-2H3,(H,27,31)(H,28,30)/b4-3+,15-13+/t16-,23-/m0/s1. The molecule has 2 aromatic carbocycles. The Morgan fingerprint density at radius 3 is 2.47 bits per heavy atom. The lowest BCUT2D eigenvalue weighted by Crippen LogP contribution is -2.21. The number of hydrogen-bond donors (Lipinski definition) is 4. The summed E-state index contributed by atoms with van der Waals surface area (Å²) in [5.74, 6) is -2.33. The molecule has 0 aliphatic heterocycles. The lowest BCUT2D eigenvalue weighted by Gasteiger charge is -2.23. The lowest BCUT2D eigenvalue weighted by atomic mass is 9.96. The summed E-state index contributed by atoms with van der Waals surface area (Å²) in [4.78, 5) is 23.8. The van der Waals surface area contributed by atoms with Crippen molar-refractivity contribution in [2.45, 2.75) is 20.0 Å². The summed E-state index contributed by atoms with van der Waals surface area (Å²) in [5.41, 5.74) is 2.39. The van der Waals surface area contributed by atoms with Crippen LogP contribution >= 0.6 is 0 Å². The topological polar surface area (TPSA) is 117 Å². The van der Waals surface area contributed by atoms with Crippen LogP contribution in [0.25, 0.3) is 0 Å². The number of aliphatic hydroxyl groups is 1. The molecular formula is C24H26F2N2O6. The van der Waals surface area contributed by atoms with Crippen LogP contribution in [0.1, 0.15) is 25.5 Å². The zero-order valence-corrected chi connectivity index (χ0v) is 18.6. The molecule has 0 radical (unpaired) electrons. The Morgan fingerprint density at radius 2 is 1.85 bits per heavy atom. The molecule has 0 unspecified atom stereocenters. The third-order valence-corrected chi connectivity index (χ3v) is 4.58. The first kappa shape index (κ1) is 26.5. The fourth-order valence-corrected chi connectivity index (χ4v) is 2.93. The highest BCUT2D eigenvalue weighted by Gasteiger charge is 2.23. The number of allylic oxidation sites excluding steroid dienone is 2. The molecule has 2 atom stereocenters. The Kier molecular flexibility index (Phi) is 10.2. The first-order valence-electron chi connectivity index (χ1n) is 10.3. The van der Waals surface area contributed by atoms with Gasteiger partial charge in [-0.1, -0.05) is 31.2 Å². The summed E-state index contributed by atoms with van der Waals surface area (Å²) in [6.07, 6.45) is 2.71. The third kappa shape index (κ3) is 8.30. The molecule has 0 aliphatic carbocycles. The number of halogens is 2. The summed E-state index contributed by atoms with van der Waals surface area (Å²) in [6.45, 7) is 3.39. The van der Waals surface area contributed by atoms with Gasteiger partial charge in [0.05, 0.1) is 12.3 Å². The van der Waals surface area contributed by atoms with Gasteiger partial charge in [0, 0.05) is 18.1 Å². The van der Waals surface area contributed by atoms with E-state index in [0.29, 0.717) is 23.0 Å². The number of rotatable bonds is 10. The Bertz CT molecular complexity index is 1040. The largest absolute Gasteiger partial charge is 0.491 e. The second-order valence-electron chi connectivity index (χ2n) is 7.30. The van der Waals surface area contributed by atoms with Gasteiger partial charge in [0.1, 0.15) is 30.1 Å². The second-order valence-corrected chi connectivity index (χ2v) is 7.30. The first-order valence-corrected chi connectivity index (χ1v) is 10.3. The van der Waals surface area contributed by atoms with Crippen LogP contribution in [0.15, 0.2) is 66.3 Å². The highest BCUT2D eigenvalue weighted by atomic mass is 19.1. The molecule has 2 rings (SSSR count). The van der Waals surface area contributed by atoms with E-state index in [-0.39, 0.29) is 18.9 Å². The molecule has 4 N–H and O–H groups in total. The number of hydroxylamine groups is 1.